The van der Waals surface area contributed by atoms with E-state index < -0.39 is 40.5 Å². The monoisotopic (exact) mass is 266 g/mol. The van der Waals surface area contributed by atoms with Crippen LogP contribution in [-0.4, -0.2) is 60.4 Å². The second-order valence-electron chi connectivity index (χ2n) is 3.98. The maximum atomic E-state index is 11.5. The van der Waals surface area contributed by atoms with Gasteiger partial charge in [-0.2, -0.15) is 0 Å². The van der Waals surface area contributed by atoms with Gasteiger partial charge in [-0.15, -0.1) is 0 Å². The number of carbonyl (C=O) groups excluding carboxylic acids is 1. The smallest absolute Gasteiger partial charge is 0.328 e. The number of primary sulfonamides is 1. The van der Waals surface area contributed by atoms with Crippen LogP contribution in [0.1, 0.15) is 6.42 Å². The van der Waals surface area contributed by atoms with E-state index in [4.69, 9.17) is 15.4 Å². The Morgan fingerprint density at radius 1 is 1.59 bits per heavy atom. The minimum Gasteiger partial charge on any atom is -0.480 e. The highest BCUT2D eigenvalue weighted by Crippen LogP contribution is 2.21. The minimum absolute atomic E-state index is 0.0210. The number of nitrogens with two attached hydrogens (primary N) is 1. The third-order valence-electron chi connectivity index (χ3n) is 2.54. The first-order valence-corrected chi connectivity index (χ1v) is 6.59. The maximum Gasteiger partial charge on any atom is 0.328 e. The summed E-state index contributed by atoms with van der Waals surface area (Å²) in [6.45, 7) is -0.726. The summed E-state index contributed by atoms with van der Waals surface area (Å²) in [5, 5.41) is 22.5. The van der Waals surface area contributed by atoms with Gasteiger partial charge in [-0.25, -0.2) is 18.4 Å². The molecule has 0 aromatic heterocycles. The Bertz CT molecular complexity index is 420. The molecule has 1 heterocycles. The Hall–Kier alpha value is -1.19. The summed E-state index contributed by atoms with van der Waals surface area (Å²) < 4.78 is 21.7. The number of aliphatic hydroxyl groups excluding tert-OH is 1. The van der Waals surface area contributed by atoms with Crippen molar-refractivity contribution >= 4 is 21.9 Å². The molecular formula is C8H14N2O6S. The lowest BCUT2D eigenvalue weighted by Crippen LogP contribution is -2.44. The van der Waals surface area contributed by atoms with Gasteiger partial charge < -0.3 is 15.1 Å². The lowest BCUT2D eigenvalue weighted by Gasteiger charge is -2.22. The molecule has 1 unspecified atom stereocenters. The number of aliphatic carboxylic acids is 1. The topological polar surface area (TPSA) is 138 Å². The van der Waals surface area contributed by atoms with Crippen LogP contribution in [-0.2, 0) is 19.6 Å². The fourth-order valence-corrected chi connectivity index (χ4v) is 2.74. The Morgan fingerprint density at radius 2 is 2.18 bits per heavy atom. The number of sulfonamides is 1. The van der Waals surface area contributed by atoms with Crippen molar-refractivity contribution in [1.82, 2.24) is 4.90 Å². The number of hydrogen-bond donors (Lipinski definition) is 3. The Kier molecular flexibility index (Phi) is 4.07. The van der Waals surface area contributed by atoms with Gasteiger partial charge in [-0.05, 0) is 0 Å². The van der Waals surface area contributed by atoms with Gasteiger partial charge in [0.1, 0.15) is 0 Å². The summed E-state index contributed by atoms with van der Waals surface area (Å²) in [6, 6.07) is -1.33. The van der Waals surface area contributed by atoms with Crippen LogP contribution in [0.3, 0.4) is 0 Å². The first kappa shape index (κ1) is 13.9. The molecular weight excluding hydrogens is 252 g/mol. The Labute approximate surface area is 98.1 Å². The third kappa shape index (κ3) is 3.65. The summed E-state index contributed by atoms with van der Waals surface area (Å²) >= 11 is 0. The molecule has 0 bridgehead atoms. The average Bonchev–Trinajstić information content (AvgIpc) is 2.44. The highest BCUT2D eigenvalue weighted by atomic mass is 32.2. The zero-order chi connectivity index (χ0) is 13.2. The number of carboxylic acid groups (broad SMARTS) is 1. The predicted molar refractivity (Wildman–Crippen MR) is 56.3 cm³/mol. The molecule has 4 N–H and O–H groups in total. The van der Waals surface area contributed by atoms with Crippen molar-refractivity contribution in [2.75, 3.05) is 18.9 Å². The van der Waals surface area contributed by atoms with Crippen molar-refractivity contribution in [3.63, 3.8) is 0 Å². The number of amides is 1. The van der Waals surface area contributed by atoms with Gasteiger partial charge in [0.2, 0.25) is 15.9 Å². The highest BCUT2D eigenvalue weighted by molar-refractivity contribution is 7.89. The molecule has 0 radical (unpaired) electrons. The fourth-order valence-electron chi connectivity index (χ4n) is 1.86. The van der Waals surface area contributed by atoms with Crippen LogP contribution in [0.25, 0.3) is 0 Å². The van der Waals surface area contributed by atoms with E-state index in [1.54, 1.807) is 0 Å². The second-order valence-corrected chi connectivity index (χ2v) is 5.64. The first-order valence-electron chi connectivity index (χ1n) is 4.88. The molecule has 0 spiro atoms. The van der Waals surface area contributed by atoms with Crippen LogP contribution in [0, 0.1) is 5.92 Å². The molecule has 0 aliphatic carbocycles. The van der Waals surface area contributed by atoms with E-state index in [-0.39, 0.29) is 18.7 Å². The molecule has 1 aliphatic rings. The highest BCUT2D eigenvalue weighted by Gasteiger charge is 2.38. The Morgan fingerprint density at radius 3 is 2.59 bits per heavy atom. The third-order valence-corrected chi connectivity index (χ3v) is 3.48. The molecule has 0 saturated carbocycles. The van der Waals surface area contributed by atoms with Gasteiger partial charge in [0.25, 0.3) is 0 Å². The number of carboxylic acids is 1. The van der Waals surface area contributed by atoms with Crippen LogP contribution in [0.15, 0.2) is 0 Å². The largest absolute Gasteiger partial charge is 0.480 e. The first-order chi connectivity index (χ1) is 7.74. The quantitative estimate of drug-likeness (QED) is 0.505. The number of nitrogens with zero attached hydrogens (tertiary/aromatic N) is 1. The molecule has 8 nitrogen and oxygen atoms in total. The molecule has 0 aromatic rings. The van der Waals surface area contributed by atoms with Crippen molar-refractivity contribution < 1.29 is 28.2 Å². The lowest BCUT2D eigenvalue weighted by molar-refractivity contribution is -0.149. The summed E-state index contributed by atoms with van der Waals surface area (Å²) in [5.74, 6) is -2.70. The van der Waals surface area contributed by atoms with E-state index in [2.05, 4.69) is 0 Å². The molecule has 1 rings (SSSR count). The molecule has 1 saturated heterocycles. The fraction of sp³-hybridized carbons (Fsp3) is 0.750. The van der Waals surface area contributed by atoms with E-state index >= 15 is 0 Å². The van der Waals surface area contributed by atoms with E-state index in [9.17, 15) is 18.0 Å². The standard InChI is InChI=1S/C8H14N2O6S/c9-17(15,16)4-5-1-7(12)10(2-5)6(3-11)8(13)14/h5-6,11H,1-4H2,(H,13,14)(H2,9,15,16)/t5?,6-/m0/s1. The van der Waals surface area contributed by atoms with Crippen LogP contribution in [0.4, 0.5) is 0 Å². The second kappa shape index (κ2) is 4.98. The van der Waals surface area contributed by atoms with E-state index in [0.717, 1.165) is 4.90 Å². The van der Waals surface area contributed by atoms with Crippen molar-refractivity contribution in [3.8, 4) is 0 Å². The summed E-state index contributed by atoms with van der Waals surface area (Å²) in [5.41, 5.74) is 0. The van der Waals surface area contributed by atoms with Crippen molar-refractivity contribution in [1.29, 1.82) is 0 Å². The van der Waals surface area contributed by atoms with Crippen molar-refractivity contribution in [3.05, 3.63) is 0 Å². The SMILES string of the molecule is NS(=O)(=O)CC1CC(=O)N([C@@H](CO)C(=O)O)C1. The number of likely N-dealkylation sites (tertiary alicyclic amines) is 1. The molecule has 98 valence electrons. The van der Waals surface area contributed by atoms with Gasteiger partial charge in [0, 0.05) is 18.9 Å². The minimum atomic E-state index is -3.70. The van der Waals surface area contributed by atoms with Gasteiger partial charge in [0.15, 0.2) is 6.04 Å². The average molecular weight is 266 g/mol. The molecule has 1 amide bonds. The zero-order valence-corrected chi connectivity index (χ0v) is 9.76. The van der Waals surface area contributed by atoms with Crippen LogP contribution in [0.2, 0.25) is 0 Å². The summed E-state index contributed by atoms with van der Waals surface area (Å²) in [4.78, 5) is 23.2. The molecule has 17 heavy (non-hydrogen) atoms. The van der Waals surface area contributed by atoms with Crippen LogP contribution >= 0.6 is 0 Å². The zero-order valence-electron chi connectivity index (χ0n) is 8.94. The van der Waals surface area contributed by atoms with Crippen molar-refractivity contribution in [2.45, 2.75) is 12.5 Å². The normalized spacial score (nSPS) is 22.8. The molecule has 1 fully saturated rings. The van der Waals surface area contributed by atoms with Gasteiger partial charge in [-0.1, -0.05) is 0 Å². The van der Waals surface area contributed by atoms with Gasteiger partial charge in [-0.3, -0.25) is 4.79 Å². The molecule has 1 aliphatic heterocycles. The van der Waals surface area contributed by atoms with E-state index in [0.29, 0.717) is 0 Å². The number of rotatable bonds is 5. The van der Waals surface area contributed by atoms with Crippen LogP contribution < -0.4 is 5.14 Å². The van der Waals surface area contributed by atoms with E-state index in [1.807, 2.05) is 0 Å². The van der Waals surface area contributed by atoms with E-state index in [1.165, 1.54) is 0 Å². The van der Waals surface area contributed by atoms with Gasteiger partial charge in [0.05, 0.1) is 12.4 Å². The maximum absolute atomic E-state index is 11.5. The number of aliphatic hydroxyl groups is 1. The molecule has 9 heteroatoms. The predicted octanol–water partition coefficient (Wildman–Crippen LogP) is -2.43. The lowest BCUT2D eigenvalue weighted by atomic mass is 10.1. The van der Waals surface area contributed by atoms with Gasteiger partial charge >= 0.3 is 5.97 Å². The molecule has 2 atom stereocenters. The summed E-state index contributed by atoms with van der Waals surface area (Å²) in [7, 11) is -3.70. The molecule has 0 aromatic carbocycles. The van der Waals surface area contributed by atoms with Crippen molar-refractivity contribution in [2.24, 2.45) is 11.1 Å². The number of hydrogen-bond acceptors (Lipinski definition) is 5. The number of carbonyl (C=O) groups is 2. The summed E-state index contributed by atoms with van der Waals surface area (Å²) in [6.07, 6.45) is -0.0692. The van der Waals surface area contributed by atoms with Crippen LogP contribution in [0.5, 0.6) is 0 Å². The Balaban J connectivity index is 2.73.